The zero-order chi connectivity index (χ0) is 18.3. The number of carbonyl (C=O) groups excluding carboxylic acids is 2. The Balaban J connectivity index is 2.69. The molecule has 132 valence electrons. The number of nitrogens with zero attached hydrogens (tertiary/aromatic N) is 1. The largest absolute Gasteiger partial charge is 0.481 e. The van der Waals surface area contributed by atoms with Gasteiger partial charge in [-0.05, 0) is 30.7 Å². The first kappa shape index (κ1) is 19.6. The van der Waals surface area contributed by atoms with E-state index in [-0.39, 0.29) is 23.4 Å². The number of rotatable bonds is 8. The van der Waals surface area contributed by atoms with Gasteiger partial charge >= 0.3 is 5.97 Å². The van der Waals surface area contributed by atoms with Crippen molar-refractivity contribution in [1.82, 2.24) is 10.2 Å². The molecule has 0 radical (unpaired) electrons. The van der Waals surface area contributed by atoms with E-state index in [9.17, 15) is 22.8 Å². The fourth-order valence-electron chi connectivity index (χ4n) is 1.73. The van der Waals surface area contributed by atoms with Gasteiger partial charge in [0, 0.05) is 32.6 Å². The Morgan fingerprint density at radius 1 is 1.12 bits per heavy atom. The van der Waals surface area contributed by atoms with Gasteiger partial charge in [0.05, 0.1) is 4.90 Å². The lowest BCUT2D eigenvalue weighted by Crippen LogP contribution is -2.29. The van der Waals surface area contributed by atoms with Crippen LogP contribution in [0.5, 0.6) is 0 Å². The average Bonchev–Trinajstić information content (AvgIpc) is 2.50. The molecule has 2 N–H and O–H groups in total. The van der Waals surface area contributed by atoms with Gasteiger partial charge in [0.15, 0.2) is 9.84 Å². The molecule has 0 saturated carbocycles. The van der Waals surface area contributed by atoms with Gasteiger partial charge in [-0.2, -0.15) is 0 Å². The lowest BCUT2D eigenvalue weighted by Gasteiger charge is -2.11. The van der Waals surface area contributed by atoms with Crippen LogP contribution in [0, 0.1) is 0 Å². The van der Waals surface area contributed by atoms with Gasteiger partial charge in [-0.3, -0.25) is 14.4 Å². The molecule has 1 rings (SSSR count). The first-order valence-corrected chi connectivity index (χ1v) is 8.81. The number of aliphatic carboxylic acids is 1. The number of sulfone groups is 1. The summed E-state index contributed by atoms with van der Waals surface area (Å²) >= 11 is 0. The maximum atomic E-state index is 12.1. The molecule has 0 aliphatic heterocycles. The van der Waals surface area contributed by atoms with E-state index < -0.39 is 33.4 Å². The van der Waals surface area contributed by atoms with E-state index in [2.05, 4.69) is 5.32 Å². The van der Waals surface area contributed by atoms with Crippen LogP contribution in [0.3, 0.4) is 0 Å². The smallest absolute Gasteiger partial charge is 0.303 e. The number of nitrogens with one attached hydrogen (secondary N) is 1. The SMILES string of the molecule is CN(C)C(=O)CS(=O)(=O)c1ccc(C(=O)NCCCC(=O)O)cc1. The van der Waals surface area contributed by atoms with Gasteiger partial charge in [-0.1, -0.05) is 0 Å². The van der Waals surface area contributed by atoms with Crippen LogP contribution in [-0.4, -0.2) is 62.6 Å². The molecule has 9 heteroatoms. The molecule has 0 aliphatic carbocycles. The van der Waals surface area contributed by atoms with E-state index in [0.717, 1.165) is 0 Å². The topological polar surface area (TPSA) is 121 Å². The van der Waals surface area contributed by atoms with Crippen LogP contribution in [0.1, 0.15) is 23.2 Å². The van der Waals surface area contributed by atoms with E-state index in [4.69, 9.17) is 5.11 Å². The standard InChI is InChI=1S/C15H20N2O6S/c1-17(2)13(18)10-24(22,23)12-7-5-11(6-8-12)15(21)16-9-3-4-14(19)20/h5-8H,3-4,9-10H2,1-2H3,(H,16,21)(H,19,20). The lowest BCUT2D eigenvalue weighted by molar-refractivity contribution is -0.137. The number of hydrogen-bond donors (Lipinski definition) is 2. The molecule has 0 aromatic heterocycles. The fraction of sp³-hybridized carbons (Fsp3) is 0.400. The Kier molecular flexibility index (Phi) is 6.90. The van der Waals surface area contributed by atoms with Crippen LogP contribution >= 0.6 is 0 Å². The molecule has 1 aromatic rings. The molecule has 0 saturated heterocycles. The van der Waals surface area contributed by atoms with Gasteiger partial charge in [0.2, 0.25) is 5.91 Å². The Bertz CT molecular complexity index is 710. The summed E-state index contributed by atoms with van der Waals surface area (Å²) in [7, 11) is -0.830. The molecule has 0 heterocycles. The molecule has 0 spiro atoms. The minimum absolute atomic E-state index is 0.0415. The first-order valence-electron chi connectivity index (χ1n) is 7.16. The van der Waals surface area contributed by atoms with E-state index in [1.54, 1.807) is 0 Å². The summed E-state index contributed by atoms with van der Waals surface area (Å²) in [5.41, 5.74) is 0.253. The minimum Gasteiger partial charge on any atom is -0.481 e. The third-order valence-corrected chi connectivity index (χ3v) is 4.76. The summed E-state index contributed by atoms with van der Waals surface area (Å²) in [6.45, 7) is 0.211. The van der Waals surface area contributed by atoms with Crippen LogP contribution < -0.4 is 5.32 Å². The van der Waals surface area contributed by atoms with E-state index >= 15 is 0 Å². The molecule has 0 bridgehead atoms. The van der Waals surface area contributed by atoms with E-state index in [0.29, 0.717) is 6.42 Å². The van der Waals surface area contributed by atoms with E-state index in [1.165, 1.54) is 43.3 Å². The van der Waals surface area contributed by atoms with Crippen molar-refractivity contribution in [3.63, 3.8) is 0 Å². The molecule has 2 amide bonds. The van der Waals surface area contributed by atoms with Crippen molar-refractivity contribution in [2.24, 2.45) is 0 Å². The van der Waals surface area contributed by atoms with Crippen molar-refractivity contribution in [2.75, 3.05) is 26.4 Å². The number of amides is 2. The molecule has 8 nitrogen and oxygen atoms in total. The number of carbonyl (C=O) groups is 3. The Labute approximate surface area is 140 Å². The molecule has 0 aliphatic rings. The normalized spacial score (nSPS) is 10.9. The molecular weight excluding hydrogens is 336 g/mol. The summed E-state index contributed by atoms with van der Waals surface area (Å²) in [5.74, 6) is -2.53. The Morgan fingerprint density at radius 2 is 1.71 bits per heavy atom. The summed E-state index contributed by atoms with van der Waals surface area (Å²) in [5, 5.41) is 11.0. The van der Waals surface area contributed by atoms with Gasteiger partial charge in [-0.25, -0.2) is 8.42 Å². The zero-order valence-corrected chi connectivity index (χ0v) is 14.3. The molecule has 24 heavy (non-hydrogen) atoms. The van der Waals surface area contributed by atoms with Crippen LogP contribution in [0.15, 0.2) is 29.2 Å². The summed E-state index contributed by atoms with van der Waals surface area (Å²) in [6, 6.07) is 5.23. The third-order valence-electron chi connectivity index (χ3n) is 3.14. The monoisotopic (exact) mass is 356 g/mol. The maximum Gasteiger partial charge on any atom is 0.303 e. The van der Waals surface area contributed by atoms with Crippen LogP contribution in [-0.2, 0) is 19.4 Å². The summed E-state index contributed by atoms with van der Waals surface area (Å²) in [4.78, 5) is 34.9. The lowest BCUT2D eigenvalue weighted by atomic mass is 10.2. The zero-order valence-electron chi connectivity index (χ0n) is 13.5. The quantitative estimate of drug-likeness (QED) is 0.639. The van der Waals surface area contributed by atoms with Crippen molar-refractivity contribution < 1.29 is 27.9 Å². The number of carboxylic acid groups (broad SMARTS) is 1. The highest BCUT2D eigenvalue weighted by Crippen LogP contribution is 2.13. The Morgan fingerprint density at radius 3 is 2.21 bits per heavy atom. The van der Waals surface area contributed by atoms with Gasteiger partial charge in [0.25, 0.3) is 5.91 Å². The van der Waals surface area contributed by atoms with Crippen LogP contribution in [0.25, 0.3) is 0 Å². The second-order valence-corrected chi connectivity index (χ2v) is 7.31. The van der Waals surface area contributed by atoms with Crippen molar-refractivity contribution in [2.45, 2.75) is 17.7 Å². The van der Waals surface area contributed by atoms with E-state index in [1.807, 2.05) is 0 Å². The minimum atomic E-state index is -3.77. The highest BCUT2D eigenvalue weighted by atomic mass is 32.2. The second-order valence-electron chi connectivity index (χ2n) is 5.32. The first-order chi connectivity index (χ1) is 11.1. The highest BCUT2D eigenvalue weighted by molar-refractivity contribution is 7.92. The van der Waals surface area contributed by atoms with Gasteiger partial charge in [-0.15, -0.1) is 0 Å². The summed E-state index contributed by atoms with van der Waals surface area (Å²) in [6.07, 6.45) is 0.261. The molecular formula is C15H20N2O6S. The third kappa shape index (κ3) is 5.99. The second kappa shape index (κ2) is 8.44. The van der Waals surface area contributed by atoms with Crippen LogP contribution in [0.2, 0.25) is 0 Å². The molecule has 0 atom stereocenters. The van der Waals surface area contributed by atoms with Crippen molar-refractivity contribution in [3.8, 4) is 0 Å². The fourth-order valence-corrected chi connectivity index (χ4v) is 3.03. The average molecular weight is 356 g/mol. The number of carboxylic acids is 1. The van der Waals surface area contributed by atoms with Crippen molar-refractivity contribution >= 4 is 27.6 Å². The molecule has 0 unspecified atom stereocenters. The predicted molar refractivity (Wildman–Crippen MR) is 86.4 cm³/mol. The number of hydrogen-bond acceptors (Lipinski definition) is 5. The Hall–Kier alpha value is -2.42. The van der Waals surface area contributed by atoms with Gasteiger partial charge in [0.1, 0.15) is 5.75 Å². The number of benzene rings is 1. The molecule has 1 aromatic carbocycles. The van der Waals surface area contributed by atoms with Gasteiger partial charge < -0.3 is 15.3 Å². The van der Waals surface area contributed by atoms with Crippen molar-refractivity contribution in [3.05, 3.63) is 29.8 Å². The van der Waals surface area contributed by atoms with Crippen LogP contribution in [0.4, 0.5) is 0 Å². The summed E-state index contributed by atoms with van der Waals surface area (Å²) < 4.78 is 24.2. The van der Waals surface area contributed by atoms with Crippen molar-refractivity contribution in [1.29, 1.82) is 0 Å². The predicted octanol–water partition coefficient (Wildman–Crippen LogP) is 0.143. The maximum absolute atomic E-state index is 12.1. The molecule has 0 fully saturated rings. The highest BCUT2D eigenvalue weighted by Gasteiger charge is 2.20.